The number of imidazole rings is 1. The molecule has 7 aromatic carbocycles. The van der Waals surface area contributed by atoms with E-state index in [1.54, 1.807) is 0 Å². The number of nitrogens with zero attached hydrogens (tertiary/aromatic N) is 2. The SMILES string of the molecule is Cc1ccc2c(ccc3c2ccc2c3sc3c(-c4nc5ccccc5n4-c4c(C(C)C)cc(-c5ccccc5)cc4C(C)C)ccc(C)c32)c1. The van der Waals surface area contributed by atoms with Gasteiger partial charge in [-0.3, -0.25) is 4.57 Å². The van der Waals surface area contributed by atoms with Crippen LogP contribution in [-0.4, -0.2) is 9.55 Å². The van der Waals surface area contributed by atoms with Gasteiger partial charge < -0.3 is 0 Å². The summed E-state index contributed by atoms with van der Waals surface area (Å²) in [5, 5.41) is 7.90. The van der Waals surface area contributed by atoms with Crippen LogP contribution in [0.2, 0.25) is 0 Å². The third-order valence-electron chi connectivity index (χ3n) is 10.5. The smallest absolute Gasteiger partial charge is 0.147 e. The molecule has 9 aromatic rings. The van der Waals surface area contributed by atoms with Crippen LogP contribution in [0.4, 0.5) is 0 Å². The van der Waals surface area contributed by atoms with Gasteiger partial charge in [-0.2, -0.15) is 0 Å². The van der Waals surface area contributed by atoms with Crippen molar-refractivity contribution in [1.29, 1.82) is 0 Å². The van der Waals surface area contributed by atoms with Crippen LogP contribution in [0.3, 0.4) is 0 Å². The van der Waals surface area contributed by atoms with Gasteiger partial charge in [0, 0.05) is 31.1 Å². The maximum Gasteiger partial charge on any atom is 0.147 e. The quantitative estimate of drug-likeness (QED) is 0.167. The third-order valence-corrected chi connectivity index (χ3v) is 11.8. The largest absolute Gasteiger partial charge is 0.292 e. The molecular formula is C47H40N2S. The van der Waals surface area contributed by atoms with Gasteiger partial charge in [-0.1, -0.05) is 124 Å². The summed E-state index contributed by atoms with van der Waals surface area (Å²) in [6.07, 6.45) is 0. The highest BCUT2D eigenvalue weighted by atomic mass is 32.1. The molecule has 244 valence electrons. The van der Waals surface area contributed by atoms with Crippen molar-refractivity contribution in [2.75, 3.05) is 0 Å². The number of hydrogen-bond acceptors (Lipinski definition) is 2. The molecule has 0 aliphatic rings. The molecule has 0 radical (unpaired) electrons. The van der Waals surface area contributed by atoms with E-state index in [1.807, 2.05) is 11.3 Å². The van der Waals surface area contributed by atoms with E-state index in [1.165, 1.54) is 86.3 Å². The Morgan fingerprint density at radius 1 is 0.580 bits per heavy atom. The Morgan fingerprint density at radius 2 is 1.26 bits per heavy atom. The first kappa shape index (κ1) is 30.8. The van der Waals surface area contributed by atoms with E-state index >= 15 is 0 Å². The van der Waals surface area contributed by atoms with Gasteiger partial charge in [0.05, 0.1) is 16.7 Å². The van der Waals surface area contributed by atoms with Gasteiger partial charge in [0.15, 0.2) is 0 Å². The zero-order chi connectivity index (χ0) is 34.3. The molecule has 0 N–H and O–H groups in total. The van der Waals surface area contributed by atoms with Gasteiger partial charge in [0.1, 0.15) is 5.82 Å². The van der Waals surface area contributed by atoms with Gasteiger partial charge in [0.2, 0.25) is 0 Å². The van der Waals surface area contributed by atoms with Gasteiger partial charge >= 0.3 is 0 Å². The van der Waals surface area contributed by atoms with Crippen molar-refractivity contribution in [2.45, 2.75) is 53.4 Å². The van der Waals surface area contributed by atoms with Crippen molar-refractivity contribution in [3.05, 3.63) is 144 Å². The molecule has 0 unspecified atom stereocenters. The Balaban J connectivity index is 1.37. The predicted molar refractivity (Wildman–Crippen MR) is 217 cm³/mol. The average Bonchev–Trinajstić information content (AvgIpc) is 3.71. The minimum absolute atomic E-state index is 0.313. The van der Waals surface area contributed by atoms with Crippen molar-refractivity contribution in [2.24, 2.45) is 0 Å². The standard InChI is InChI=1S/C47H40N2S/c1-27(2)39-25-33(31-12-8-7-9-13-31)26-40(28(3)4)44(39)49-42-15-11-10-14-41(42)48-47(49)38-20-17-30(6)43-37-23-22-35-34-19-16-29(5)24-32(34)18-21-36(35)45(37)50-46(38)43/h7-28H,1-6H3. The lowest BCUT2D eigenvalue weighted by atomic mass is 9.88. The number of aryl methyl sites for hydroxylation is 2. The number of thiophene rings is 1. The molecule has 0 saturated heterocycles. The van der Waals surface area contributed by atoms with E-state index in [0.717, 1.165) is 16.9 Å². The van der Waals surface area contributed by atoms with E-state index in [-0.39, 0.29) is 0 Å². The highest BCUT2D eigenvalue weighted by Gasteiger charge is 2.25. The summed E-state index contributed by atoms with van der Waals surface area (Å²) >= 11 is 1.92. The molecule has 0 amide bonds. The number of rotatable bonds is 5. The van der Waals surface area contributed by atoms with Crippen LogP contribution in [0.5, 0.6) is 0 Å². The molecule has 0 fully saturated rings. The fourth-order valence-corrected chi connectivity index (χ4v) is 9.41. The van der Waals surface area contributed by atoms with E-state index in [0.29, 0.717) is 11.8 Å². The Hall–Kier alpha value is -5.25. The van der Waals surface area contributed by atoms with Crippen molar-refractivity contribution >= 4 is 64.1 Å². The summed E-state index contributed by atoms with van der Waals surface area (Å²) in [5.74, 6) is 1.63. The van der Waals surface area contributed by atoms with E-state index in [4.69, 9.17) is 4.98 Å². The van der Waals surface area contributed by atoms with E-state index < -0.39 is 0 Å². The fraction of sp³-hybridized carbons (Fsp3) is 0.170. The van der Waals surface area contributed by atoms with E-state index in [2.05, 4.69) is 167 Å². The number of benzene rings is 7. The zero-order valence-electron chi connectivity index (χ0n) is 29.5. The lowest BCUT2D eigenvalue weighted by Crippen LogP contribution is -2.09. The molecule has 2 heterocycles. The van der Waals surface area contributed by atoms with Gasteiger partial charge in [-0.05, 0) is 100.0 Å². The third kappa shape index (κ3) is 4.71. The Kier molecular flexibility index (Phi) is 7.19. The average molecular weight is 665 g/mol. The Morgan fingerprint density at radius 3 is 2.02 bits per heavy atom. The molecule has 3 heteroatoms. The van der Waals surface area contributed by atoms with Gasteiger partial charge in [-0.25, -0.2) is 4.98 Å². The summed E-state index contributed by atoms with van der Waals surface area (Å²) < 4.78 is 5.12. The van der Waals surface area contributed by atoms with Crippen LogP contribution in [0, 0.1) is 13.8 Å². The van der Waals surface area contributed by atoms with Crippen LogP contribution >= 0.6 is 11.3 Å². The maximum absolute atomic E-state index is 5.47. The monoisotopic (exact) mass is 664 g/mol. The molecule has 0 spiro atoms. The minimum atomic E-state index is 0.313. The van der Waals surface area contributed by atoms with Crippen molar-refractivity contribution in [1.82, 2.24) is 9.55 Å². The maximum atomic E-state index is 5.47. The van der Waals surface area contributed by atoms with Crippen LogP contribution in [0.1, 0.15) is 61.8 Å². The number of fused-ring (bicyclic) bond motifs is 8. The normalized spacial score (nSPS) is 12.2. The molecule has 0 aliphatic heterocycles. The number of para-hydroxylation sites is 2. The van der Waals surface area contributed by atoms with Gasteiger partial charge in [0.25, 0.3) is 0 Å². The summed E-state index contributed by atoms with van der Waals surface area (Å²) in [6, 6.07) is 45.0. The van der Waals surface area contributed by atoms with Gasteiger partial charge in [-0.15, -0.1) is 11.3 Å². The van der Waals surface area contributed by atoms with Crippen LogP contribution in [0.25, 0.3) is 81.0 Å². The Bertz CT molecular complexity index is 2750. The van der Waals surface area contributed by atoms with Crippen LogP contribution in [0.15, 0.2) is 121 Å². The van der Waals surface area contributed by atoms with Crippen LogP contribution in [-0.2, 0) is 0 Å². The summed E-state index contributed by atoms with van der Waals surface area (Å²) in [7, 11) is 0. The topological polar surface area (TPSA) is 17.8 Å². The second-order valence-corrected chi connectivity index (χ2v) is 15.5. The van der Waals surface area contributed by atoms with Crippen LogP contribution < -0.4 is 0 Å². The van der Waals surface area contributed by atoms with Crippen molar-refractivity contribution < 1.29 is 0 Å². The second kappa shape index (κ2) is 11.7. The van der Waals surface area contributed by atoms with E-state index in [9.17, 15) is 0 Å². The highest BCUT2D eigenvalue weighted by molar-refractivity contribution is 7.27. The molecule has 50 heavy (non-hydrogen) atoms. The zero-order valence-corrected chi connectivity index (χ0v) is 30.3. The Labute approximate surface area is 297 Å². The fourth-order valence-electron chi connectivity index (χ4n) is 7.99. The molecule has 0 aliphatic carbocycles. The molecule has 2 aromatic heterocycles. The molecule has 9 rings (SSSR count). The highest BCUT2D eigenvalue weighted by Crippen LogP contribution is 2.47. The number of hydrogen-bond donors (Lipinski definition) is 0. The summed E-state index contributed by atoms with van der Waals surface area (Å²) in [5.41, 5.74) is 12.4. The molecule has 0 atom stereocenters. The first-order valence-electron chi connectivity index (χ1n) is 17.8. The van der Waals surface area contributed by atoms with Crippen molar-refractivity contribution in [3.63, 3.8) is 0 Å². The molecule has 0 saturated carbocycles. The molecule has 0 bridgehead atoms. The minimum Gasteiger partial charge on any atom is -0.292 e. The lowest BCUT2D eigenvalue weighted by molar-refractivity contribution is 0.812. The number of aromatic nitrogens is 2. The lowest BCUT2D eigenvalue weighted by Gasteiger charge is -2.24. The summed E-state index contributed by atoms with van der Waals surface area (Å²) in [4.78, 5) is 5.47. The first-order chi connectivity index (χ1) is 24.3. The molecular weight excluding hydrogens is 625 g/mol. The summed E-state index contributed by atoms with van der Waals surface area (Å²) in [6.45, 7) is 13.7. The van der Waals surface area contributed by atoms with Crippen molar-refractivity contribution in [3.8, 4) is 28.2 Å². The second-order valence-electron chi connectivity index (χ2n) is 14.5. The predicted octanol–water partition coefficient (Wildman–Crippen LogP) is 13.9. The molecule has 2 nitrogen and oxygen atoms in total. The first-order valence-corrected chi connectivity index (χ1v) is 18.6.